The first-order chi connectivity index (χ1) is 8.15. The van der Waals surface area contributed by atoms with Gasteiger partial charge in [-0.1, -0.05) is 30.3 Å². The van der Waals surface area contributed by atoms with Crippen LogP contribution in [-0.2, 0) is 11.8 Å². The molecule has 1 aromatic heterocycles. The van der Waals surface area contributed by atoms with E-state index in [9.17, 15) is 9.59 Å². The molecule has 0 atom stereocenters. The lowest BCUT2D eigenvalue weighted by molar-refractivity contribution is 0.105. The third kappa shape index (κ3) is 1.91. The first-order valence-electron chi connectivity index (χ1n) is 5.29. The molecule has 0 aliphatic heterocycles. The fourth-order valence-electron chi connectivity index (χ4n) is 2.03. The maximum atomic E-state index is 11.5. The van der Waals surface area contributed by atoms with Crippen molar-refractivity contribution in [2.24, 2.45) is 7.05 Å². The molecule has 0 unspecified atom stereocenters. The van der Waals surface area contributed by atoms with E-state index in [1.54, 1.807) is 11.6 Å². The van der Waals surface area contributed by atoms with Crippen LogP contribution in [0.2, 0.25) is 0 Å². The molecule has 0 N–H and O–H groups in total. The average molecular weight is 226 g/mol. The average Bonchev–Trinajstić information content (AvgIpc) is 2.65. The minimum atomic E-state index is -0.604. The molecule has 0 spiro atoms. The molecule has 3 heteroatoms. The van der Waals surface area contributed by atoms with Crippen LogP contribution in [0.1, 0.15) is 16.1 Å². The van der Waals surface area contributed by atoms with Gasteiger partial charge in [0.15, 0.2) is 0 Å². The van der Waals surface area contributed by atoms with E-state index in [4.69, 9.17) is 0 Å². The molecule has 85 valence electrons. The standard InChI is InChI=1S/C14H12NO2/c1-10-12(11-6-4-3-5-7-11)8-15(2)14(10)13(17)9-16/h3-8H,1-2H3. The van der Waals surface area contributed by atoms with E-state index >= 15 is 0 Å². The van der Waals surface area contributed by atoms with Gasteiger partial charge in [0.05, 0.1) is 5.69 Å². The normalized spacial score (nSPS) is 10.2. The van der Waals surface area contributed by atoms with Crippen LogP contribution < -0.4 is 0 Å². The fraction of sp³-hybridized carbons (Fsp3) is 0.143. The van der Waals surface area contributed by atoms with Gasteiger partial charge in [0.1, 0.15) is 0 Å². The topological polar surface area (TPSA) is 39.1 Å². The van der Waals surface area contributed by atoms with Crippen molar-refractivity contribution in [2.75, 3.05) is 0 Å². The first-order valence-corrected chi connectivity index (χ1v) is 5.29. The van der Waals surface area contributed by atoms with Gasteiger partial charge in [0.2, 0.25) is 0 Å². The van der Waals surface area contributed by atoms with Crippen molar-refractivity contribution in [1.29, 1.82) is 0 Å². The zero-order valence-electron chi connectivity index (χ0n) is 9.73. The fourth-order valence-corrected chi connectivity index (χ4v) is 2.03. The number of carbonyl (C=O) groups is 1. The molecule has 0 saturated carbocycles. The van der Waals surface area contributed by atoms with Gasteiger partial charge in [-0.05, 0) is 18.1 Å². The highest BCUT2D eigenvalue weighted by Gasteiger charge is 2.17. The Hall–Kier alpha value is -2.16. The number of carbonyl (C=O) groups excluding carboxylic acids is 2. The molecule has 17 heavy (non-hydrogen) atoms. The molecule has 0 aliphatic rings. The van der Waals surface area contributed by atoms with Crippen molar-refractivity contribution in [3.63, 3.8) is 0 Å². The van der Waals surface area contributed by atoms with Crippen LogP contribution in [0, 0.1) is 6.92 Å². The molecule has 2 rings (SSSR count). The summed E-state index contributed by atoms with van der Waals surface area (Å²) in [5.74, 6) is -0.604. The van der Waals surface area contributed by atoms with E-state index in [0.717, 1.165) is 16.7 Å². The van der Waals surface area contributed by atoms with Crippen LogP contribution in [0.3, 0.4) is 0 Å². The number of rotatable bonds is 3. The first kappa shape index (κ1) is 11.3. The third-order valence-electron chi connectivity index (χ3n) is 2.83. The zero-order valence-corrected chi connectivity index (χ0v) is 9.73. The number of nitrogens with zero attached hydrogens (tertiary/aromatic N) is 1. The van der Waals surface area contributed by atoms with Crippen molar-refractivity contribution in [1.82, 2.24) is 4.57 Å². The molecule has 1 aromatic carbocycles. The van der Waals surface area contributed by atoms with E-state index < -0.39 is 5.78 Å². The molecular formula is C14H12NO2. The van der Waals surface area contributed by atoms with Crippen molar-refractivity contribution < 1.29 is 9.59 Å². The summed E-state index contributed by atoms with van der Waals surface area (Å²) in [6.45, 7) is 1.84. The zero-order chi connectivity index (χ0) is 12.4. The molecule has 1 radical (unpaired) electrons. The Morgan fingerprint density at radius 1 is 1.24 bits per heavy atom. The van der Waals surface area contributed by atoms with Gasteiger partial charge in [-0.2, -0.15) is 0 Å². The van der Waals surface area contributed by atoms with Crippen LogP contribution in [-0.4, -0.2) is 16.6 Å². The highest BCUT2D eigenvalue weighted by Crippen LogP contribution is 2.26. The summed E-state index contributed by atoms with van der Waals surface area (Å²) in [7, 11) is 1.75. The second-order valence-corrected chi connectivity index (χ2v) is 3.92. The second kappa shape index (κ2) is 4.37. The molecule has 3 nitrogen and oxygen atoms in total. The highest BCUT2D eigenvalue weighted by atomic mass is 16.2. The van der Waals surface area contributed by atoms with E-state index in [2.05, 4.69) is 0 Å². The number of ketones is 1. The molecular weight excluding hydrogens is 214 g/mol. The van der Waals surface area contributed by atoms with Gasteiger partial charge in [0.25, 0.3) is 12.1 Å². The predicted molar refractivity (Wildman–Crippen MR) is 65.6 cm³/mol. The molecule has 0 bridgehead atoms. The van der Waals surface area contributed by atoms with Gasteiger partial charge in [-0.3, -0.25) is 9.59 Å². The Balaban J connectivity index is 2.59. The van der Waals surface area contributed by atoms with E-state index in [1.807, 2.05) is 43.5 Å². The lowest BCUT2D eigenvalue weighted by Gasteiger charge is -1.99. The minimum Gasteiger partial charge on any atom is -0.347 e. The van der Waals surface area contributed by atoms with Crippen LogP contribution in [0.4, 0.5) is 0 Å². The molecule has 0 amide bonds. The SMILES string of the molecule is Cc1c(-c2ccccc2)cn(C)c1C(=O)[C]=O. The molecule has 0 fully saturated rings. The van der Waals surface area contributed by atoms with E-state index in [-0.39, 0.29) is 0 Å². The van der Waals surface area contributed by atoms with Gasteiger partial charge in [0, 0.05) is 18.8 Å². The van der Waals surface area contributed by atoms with Crippen molar-refractivity contribution in [2.45, 2.75) is 6.92 Å². The Labute approximate surface area is 99.7 Å². The second-order valence-electron chi connectivity index (χ2n) is 3.92. The summed E-state index contributed by atoms with van der Waals surface area (Å²) in [4.78, 5) is 21.9. The summed E-state index contributed by atoms with van der Waals surface area (Å²) >= 11 is 0. The van der Waals surface area contributed by atoms with E-state index in [1.165, 1.54) is 6.29 Å². The third-order valence-corrected chi connectivity index (χ3v) is 2.83. The largest absolute Gasteiger partial charge is 0.347 e. The lowest BCUT2D eigenvalue weighted by atomic mass is 10.0. The monoisotopic (exact) mass is 226 g/mol. The summed E-state index contributed by atoms with van der Waals surface area (Å²) < 4.78 is 1.67. The number of benzene rings is 1. The van der Waals surface area contributed by atoms with Crippen LogP contribution in [0.25, 0.3) is 11.1 Å². The number of aromatic nitrogens is 1. The van der Waals surface area contributed by atoms with Crippen LogP contribution in [0.15, 0.2) is 36.5 Å². The van der Waals surface area contributed by atoms with Crippen LogP contribution in [0.5, 0.6) is 0 Å². The van der Waals surface area contributed by atoms with Gasteiger partial charge in [-0.25, -0.2) is 0 Å². The highest BCUT2D eigenvalue weighted by molar-refractivity contribution is 6.33. The van der Waals surface area contributed by atoms with Gasteiger partial charge >= 0.3 is 0 Å². The summed E-state index contributed by atoms with van der Waals surface area (Å²) in [6, 6.07) is 9.76. The predicted octanol–water partition coefficient (Wildman–Crippen LogP) is 2.29. The number of Topliss-reactive ketones (excluding diaryl/α,β-unsaturated/α-hetero) is 1. The van der Waals surface area contributed by atoms with Crippen LogP contribution >= 0.6 is 0 Å². The molecule has 0 saturated heterocycles. The van der Waals surface area contributed by atoms with Crippen molar-refractivity contribution >= 4 is 12.1 Å². The van der Waals surface area contributed by atoms with Crippen molar-refractivity contribution in [3.05, 3.63) is 47.8 Å². The maximum Gasteiger partial charge on any atom is 0.279 e. The number of hydrogen-bond donors (Lipinski definition) is 0. The van der Waals surface area contributed by atoms with Crippen molar-refractivity contribution in [3.8, 4) is 11.1 Å². The molecule has 2 aromatic rings. The Morgan fingerprint density at radius 2 is 1.88 bits per heavy atom. The summed E-state index contributed by atoms with van der Waals surface area (Å²) in [5, 5.41) is 0. The van der Waals surface area contributed by atoms with Gasteiger partial charge in [-0.15, -0.1) is 0 Å². The number of aryl methyl sites for hydroxylation is 1. The Bertz CT molecular complexity index is 567. The number of hydrogen-bond acceptors (Lipinski definition) is 2. The Kier molecular flexibility index (Phi) is 2.91. The molecule has 0 aliphatic carbocycles. The molecule has 1 heterocycles. The maximum absolute atomic E-state index is 11.5. The Morgan fingerprint density at radius 3 is 2.47 bits per heavy atom. The van der Waals surface area contributed by atoms with Gasteiger partial charge < -0.3 is 4.57 Å². The summed E-state index contributed by atoms with van der Waals surface area (Å²) in [5.41, 5.74) is 3.21. The summed E-state index contributed by atoms with van der Waals surface area (Å²) in [6.07, 6.45) is 3.27. The lowest BCUT2D eigenvalue weighted by Crippen LogP contribution is -2.07. The smallest absolute Gasteiger partial charge is 0.279 e. The quantitative estimate of drug-likeness (QED) is 0.595. The van der Waals surface area contributed by atoms with E-state index in [0.29, 0.717) is 5.69 Å². The minimum absolute atomic E-state index is 0.402.